The van der Waals surface area contributed by atoms with Crippen molar-refractivity contribution in [2.45, 2.75) is 65.1 Å². The molecule has 274 valence electrons. The van der Waals surface area contributed by atoms with E-state index in [1.807, 2.05) is 48.5 Å². The van der Waals surface area contributed by atoms with Gasteiger partial charge in [0.25, 0.3) is 0 Å². The maximum absolute atomic E-state index is 11.6. The first kappa shape index (κ1) is 37.7. The molecule has 1 amide bonds. The Kier molecular flexibility index (Phi) is 12.5. The van der Waals surface area contributed by atoms with Gasteiger partial charge < -0.3 is 19.6 Å². The predicted molar refractivity (Wildman–Crippen MR) is 207 cm³/mol. The van der Waals surface area contributed by atoms with E-state index in [1.165, 1.54) is 0 Å². The van der Waals surface area contributed by atoms with Gasteiger partial charge in [0.2, 0.25) is 17.7 Å². The average molecular weight is 745 g/mol. The Bertz CT molecular complexity index is 1770. The molecule has 0 unspecified atom stereocenters. The van der Waals surface area contributed by atoms with Crippen LogP contribution in [0, 0.1) is 5.92 Å². The van der Waals surface area contributed by atoms with Crippen LogP contribution in [-0.2, 0) is 22.7 Å². The minimum Gasteiger partial charge on any atom is -0.481 e. The minimum absolute atomic E-state index is 0.0201. The van der Waals surface area contributed by atoms with Gasteiger partial charge in [-0.25, -0.2) is 9.97 Å². The van der Waals surface area contributed by atoms with Crippen LogP contribution in [0.5, 0.6) is 11.8 Å². The van der Waals surface area contributed by atoms with Gasteiger partial charge in [-0.1, -0.05) is 71.7 Å². The van der Waals surface area contributed by atoms with E-state index in [0.29, 0.717) is 52.1 Å². The number of carbonyl (C=O) groups excluding carboxylic acids is 2. The normalized spacial score (nSPS) is 16.1. The van der Waals surface area contributed by atoms with Crippen LogP contribution in [0.25, 0.3) is 33.6 Å². The van der Waals surface area contributed by atoms with Gasteiger partial charge in [-0.05, 0) is 63.7 Å². The van der Waals surface area contributed by atoms with Gasteiger partial charge in [0, 0.05) is 78.9 Å². The number of benzene rings is 2. The number of hydrogen-bond acceptors (Lipinski definition) is 8. The first-order valence-corrected chi connectivity index (χ1v) is 18.8. The molecule has 2 saturated heterocycles. The van der Waals surface area contributed by atoms with E-state index in [9.17, 15) is 9.59 Å². The molecule has 6 rings (SSSR count). The fourth-order valence-corrected chi connectivity index (χ4v) is 8.12. The summed E-state index contributed by atoms with van der Waals surface area (Å²) in [6, 6.07) is 20.1. The molecule has 0 atom stereocenters. The molecule has 4 aromatic rings. The zero-order chi connectivity index (χ0) is 36.8. The maximum atomic E-state index is 11.6. The van der Waals surface area contributed by atoms with E-state index >= 15 is 0 Å². The van der Waals surface area contributed by atoms with Gasteiger partial charge in [-0.2, -0.15) is 0 Å². The van der Waals surface area contributed by atoms with Crippen molar-refractivity contribution in [1.82, 2.24) is 25.1 Å². The maximum Gasteiger partial charge on any atom is 0.218 e. The van der Waals surface area contributed by atoms with E-state index in [0.717, 1.165) is 91.8 Å². The number of nitrogens with zero attached hydrogens (tertiary/aromatic N) is 4. The summed E-state index contributed by atoms with van der Waals surface area (Å²) >= 11 is 14.3. The van der Waals surface area contributed by atoms with Crippen LogP contribution < -0.4 is 14.8 Å². The lowest BCUT2D eigenvalue weighted by atomic mass is 9.92. The lowest BCUT2D eigenvalue weighted by Crippen LogP contribution is -2.43. The summed E-state index contributed by atoms with van der Waals surface area (Å²) in [6.07, 6.45) is 4.55. The molecule has 2 aromatic heterocycles. The summed E-state index contributed by atoms with van der Waals surface area (Å²) in [7, 11) is 3.28. The van der Waals surface area contributed by atoms with Crippen molar-refractivity contribution in [3.05, 3.63) is 81.8 Å². The lowest BCUT2D eigenvalue weighted by Gasteiger charge is -2.32. The van der Waals surface area contributed by atoms with E-state index in [1.54, 1.807) is 28.1 Å². The van der Waals surface area contributed by atoms with Crippen molar-refractivity contribution < 1.29 is 19.1 Å². The largest absolute Gasteiger partial charge is 0.481 e. The van der Waals surface area contributed by atoms with E-state index in [4.69, 9.17) is 42.6 Å². The lowest BCUT2D eigenvalue weighted by molar-refractivity contribution is -0.120. The molecular formula is C41H47Cl2N5O4. The number of ether oxygens (including phenoxy) is 2. The Morgan fingerprint density at radius 2 is 1.13 bits per heavy atom. The van der Waals surface area contributed by atoms with Crippen molar-refractivity contribution in [2.24, 2.45) is 5.92 Å². The first-order valence-electron chi connectivity index (χ1n) is 18.0. The number of nitrogens with one attached hydrogen (secondary N) is 1. The third kappa shape index (κ3) is 8.94. The number of methoxy groups -OCH3 is 2. The van der Waals surface area contributed by atoms with Crippen molar-refractivity contribution >= 4 is 34.9 Å². The number of piperidine rings is 2. The van der Waals surface area contributed by atoms with Crippen LogP contribution in [0.4, 0.5) is 0 Å². The number of amides is 1. The highest BCUT2D eigenvalue weighted by molar-refractivity contribution is 6.39. The van der Waals surface area contributed by atoms with Crippen molar-refractivity contribution in [1.29, 1.82) is 0 Å². The molecule has 2 aliphatic heterocycles. The molecule has 0 spiro atoms. The van der Waals surface area contributed by atoms with E-state index in [2.05, 4.69) is 27.2 Å². The zero-order valence-electron chi connectivity index (χ0n) is 30.4. The molecule has 1 N–H and O–H groups in total. The van der Waals surface area contributed by atoms with Gasteiger partial charge in [-0.15, -0.1) is 0 Å². The molecule has 2 aromatic carbocycles. The van der Waals surface area contributed by atoms with Crippen LogP contribution in [0.2, 0.25) is 10.0 Å². The molecule has 0 bridgehead atoms. The number of rotatable bonds is 12. The Morgan fingerprint density at radius 1 is 0.692 bits per heavy atom. The summed E-state index contributed by atoms with van der Waals surface area (Å²) in [5, 5.41) is 4.11. The summed E-state index contributed by atoms with van der Waals surface area (Å²) in [4.78, 5) is 37.6. The van der Waals surface area contributed by atoms with Crippen LogP contribution in [-0.4, -0.2) is 77.9 Å². The molecular weight excluding hydrogens is 697 g/mol. The zero-order valence-corrected chi connectivity index (χ0v) is 31.9. The highest BCUT2D eigenvalue weighted by Crippen LogP contribution is 2.42. The number of aromatic nitrogens is 2. The number of Topliss-reactive ketones (excluding diaryl/α,β-unsaturated/α-hetero) is 1. The number of hydrogen-bond donors (Lipinski definition) is 1. The van der Waals surface area contributed by atoms with Crippen LogP contribution in [0.15, 0.2) is 60.7 Å². The molecule has 9 nitrogen and oxygen atoms in total. The van der Waals surface area contributed by atoms with Crippen LogP contribution in [0.1, 0.15) is 57.1 Å². The number of carbonyl (C=O) groups is 2. The van der Waals surface area contributed by atoms with Gasteiger partial charge in [0.15, 0.2) is 0 Å². The van der Waals surface area contributed by atoms with Crippen LogP contribution >= 0.6 is 23.2 Å². The average Bonchev–Trinajstić information content (AvgIpc) is 3.13. The highest BCUT2D eigenvalue weighted by atomic mass is 35.5. The highest BCUT2D eigenvalue weighted by Gasteiger charge is 2.24. The molecule has 0 radical (unpaired) electrons. The van der Waals surface area contributed by atoms with E-state index < -0.39 is 0 Å². The second kappa shape index (κ2) is 17.2. The first-order chi connectivity index (χ1) is 25.1. The topological polar surface area (TPSA) is 96.9 Å². The number of ketones is 1. The molecule has 2 aliphatic rings. The van der Waals surface area contributed by atoms with Gasteiger partial charge in [0.1, 0.15) is 5.78 Å². The fraction of sp³-hybridized carbons (Fsp3) is 0.415. The monoisotopic (exact) mass is 743 g/mol. The third-order valence-electron chi connectivity index (χ3n) is 10.2. The second-order valence-corrected chi connectivity index (χ2v) is 14.7. The smallest absolute Gasteiger partial charge is 0.218 e. The molecule has 4 heterocycles. The third-order valence-corrected chi connectivity index (χ3v) is 11.0. The van der Waals surface area contributed by atoms with Gasteiger partial charge >= 0.3 is 0 Å². The number of likely N-dealkylation sites (tertiary alicyclic amines) is 2. The van der Waals surface area contributed by atoms with Crippen molar-refractivity contribution in [3.63, 3.8) is 0 Å². The predicted octanol–water partition coefficient (Wildman–Crippen LogP) is 8.09. The number of halogens is 2. The standard InChI is InChI=1S/C41H47Cl2N5O4/c1-26(49)23-28-15-19-47(20-16-28)24-29-11-13-36(45-40(29)51-3)34-9-5-7-32(38(34)42)33-8-6-10-35(39(33)43)37-14-12-30(41(46-37)52-4)25-48-21-17-31(18-22-48)44-27(2)50/h5-14,28,31H,15-25H2,1-4H3,(H,44,50). The van der Waals surface area contributed by atoms with Crippen molar-refractivity contribution in [2.75, 3.05) is 40.4 Å². The minimum atomic E-state index is 0.0201. The summed E-state index contributed by atoms with van der Waals surface area (Å²) < 4.78 is 11.5. The molecule has 2 fully saturated rings. The fourth-order valence-electron chi connectivity index (χ4n) is 7.47. The Hall–Kier alpha value is -4.02. The quantitative estimate of drug-likeness (QED) is 0.156. The second-order valence-electron chi connectivity index (χ2n) is 13.9. The SMILES string of the molecule is COc1nc(-c2cccc(-c3cccc(-c4ccc(CN5CCC(NC(C)=O)CC5)c(OC)n4)c3Cl)c2Cl)ccc1CN1CCC(CC(C)=O)CC1. The Morgan fingerprint density at radius 3 is 1.56 bits per heavy atom. The number of pyridine rings is 2. The summed E-state index contributed by atoms with van der Waals surface area (Å²) in [6.45, 7) is 8.36. The van der Waals surface area contributed by atoms with Crippen molar-refractivity contribution in [3.8, 4) is 45.4 Å². The summed E-state index contributed by atoms with van der Waals surface area (Å²) in [5.41, 5.74) is 6.55. The molecule has 52 heavy (non-hydrogen) atoms. The van der Waals surface area contributed by atoms with Crippen LogP contribution in [0.3, 0.4) is 0 Å². The van der Waals surface area contributed by atoms with Gasteiger partial charge in [0.05, 0.1) is 35.7 Å². The molecule has 0 aliphatic carbocycles. The Labute approximate surface area is 316 Å². The Balaban J connectivity index is 1.20. The summed E-state index contributed by atoms with van der Waals surface area (Å²) in [5.74, 6) is 1.89. The van der Waals surface area contributed by atoms with Gasteiger partial charge in [-0.3, -0.25) is 14.6 Å². The molecule has 11 heteroatoms. The molecule has 0 saturated carbocycles. The van der Waals surface area contributed by atoms with E-state index in [-0.39, 0.29) is 17.7 Å².